The van der Waals surface area contributed by atoms with Crippen molar-refractivity contribution in [3.63, 3.8) is 0 Å². The number of aliphatic hydroxyl groups excluding tert-OH is 1. The van der Waals surface area contributed by atoms with Crippen LogP contribution in [0, 0.1) is 10.1 Å². The molecule has 0 saturated carbocycles. The van der Waals surface area contributed by atoms with Gasteiger partial charge in [-0.05, 0) is 6.42 Å². The van der Waals surface area contributed by atoms with E-state index in [1.165, 1.54) is 51.9 Å². The smallest absolute Gasteiger partial charge is 0.242 e. The van der Waals surface area contributed by atoms with E-state index >= 15 is 0 Å². The first-order valence-corrected chi connectivity index (χ1v) is 7.82. The van der Waals surface area contributed by atoms with Crippen LogP contribution in [0.15, 0.2) is 0 Å². The Morgan fingerprint density at radius 3 is 1.74 bits per heavy atom. The van der Waals surface area contributed by atoms with Gasteiger partial charge in [-0.25, -0.2) is 0 Å². The highest BCUT2D eigenvalue weighted by molar-refractivity contribution is 4.72. The molecule has 0 spiro atoms. The Morgan fingerprint density at radius 2 is 1.37 bits per heavy atom. The van der Waals surface area contributed by atoms with Gasteiger partial charge in [0.2, 0.25) is 5.54 Å². The minimum absolute atomic E-state index is 0.346. The van der Waals surface area contributed by atoms with Crippen molar-refractivity contribution in [1.29, 1.82) is 0 Å². The molecular formula is C15H31NO3. The average molecular weight is 273 g/mol. The van der Waals surface area contributed by atoms with E-state index in [1.807, 2.05) is 0 Å². The highest BCUT2D eigenvalue weighted by Crippen LogP contribution is 2.19. The predicted molar refractivity (Wildman–Crippen MR) is 78.9 cm³/mol. The summed E-state index contributed by atoms with van der Waals surface area (Å²) in [6, 6.07) is 0. The third-order valence-corrected chi connectivity index (χ3v) is 3.85. The van der Waals surface area contributed by atoms with E-state index in [9.17, 15) is 10.1 Å². The standard InChI is InChI=1S/C15H31NO3/c1-3-4-5-6-7-8-9-10-11-12-13-15(2,14-17)16(18)19/h17H,3-14H2,1-2H3. The van der Waals surface area contributed by atoms with Gasteiger partial charge in [0.15, 0.2) is 0 Å². The predicted octanol–water partition coefficient (Wildman–Crippen LogP) is 4.33. The second-order valence-electron chi connectivity index (χ2n) is 5.84. The summed E-state index contributed by atoms with van der Waals surface area (Å²) in [5, 5.41) is 19.8. The van der Waals surface area contributed by atoms with Crippen LogP contribution in [0.5, 0.6) is 0 Å². The number of rotatable bonds is 13. The lowest BCUT2D eigenvalue weighted by Crippen LogP contribution is -2.38. The van der Waals surface area contributed by atoms with E-state index in [0.29, 0.717) is 6.42 Å². The Labute approximate surface area is 117 Å². The zero-order valence-electron chi connectivity index (χ0n) is 12.7. The van der Waals surface area contributed by atoms with E-state index in [4.69, 9.17) is 5.11 Å². The summed E-state index contributed by atoms with van der Waals surface area (Å²) in [7, 11) is 0. The molecule has 0 fully saturated rings. The van der Waals surface area contributed by atoms with E-state index < -0.39 is 5.54 Å². The monoisotopic (exact) mass is 273 g/mol. The molecule has 0 radical (unpaired) electrons. The molecule has 0 bridgehead atoms. The second-order valence-corrected chi connectivity index (χ2v) is 5.84. The number of hydrogen-bond donors (Lipinski definition) is 1. The Morgan fingerprint density at radius 1 is 0.947 bits per heavy atom. The van der Waals surface area contributed by atoms with E-state index in [0.717, 1.165) is 19.3 Å². The average Bonchev–Trinajstić information content (AvgIpc) is 2.40. The lowest BCUT2D eigenvalue weighted by molar-refractivity contribution is -0.570. The lowest BCUT2D eigenvalue weighted by Gasteiger charge is -2.17. The van der Waals surface area contributed by atoms with Gasteiger partial charge in [0.05, 0.1) is 0 Å². The fourth-order valence-corrected chi connectivity index (χ4v) is 2.22. The molecule has 1 N–H and O–H groups in total. The topological polar surface area (TPSA) is 63.4 Å². The van der Waals surface area contributed by atoms with Crippen molar-refractivity contribution in [2.45, 2.75) is 90.0 Å². The molecule has 0 aromatic rings. The minimum atomic E-state index is -1.14. The first kappa shape index (κ1) is 18.4. The van der Waals surface area contributed by atoms with Crippen molar-refractivity contribution in [1.82, 2.24) is 0 Å². The Kier molecular flexibility index (Phi) is 10.8. The molecule has 4 heteroatoms. The first-order valence-electron chi connectivity index (χ1n) is 7.82. The van der Waals surface area contributed by atoms with Crippen LogP contribution in [-0.2, 0) is 0 Å². The zero-order chi connectivity index (χ0) is 14.6. The Bertz CT molecular complexity index is 233. The summed E-state index contributed by atoms with van der Waals surface area (Å²) in [5.41, 5.74) is -1.14. The first-order chi connectivity index (χ1) is 9.06. The maximum Gasteiger partial charge on any atom is 0.242 e. The number of unbranched alkanes of at least 4 members (excludes halogenated alkanes) is 9. The summed E-state index contributed by atoms with van der Waals surface area (Å²) in [5.74, 6) is 0. The normalized spacial score (nSPS) is 14.3. The largest absolute Gasteiger partial charge is 0.389 e. The van der Waals surface area contributed by atoms with Crippen molar-refractivity contribution in [2.24, 2.45) is 0 Å². The molecule has 0 saturated heterocycles. The van der Waals surface area contributed by atoms with Gasteiger partial charge in [-0.1, -0.05) is 64.7 Å². The van der Waals surface area contributed by atoms with Crippen LogP contribution in [0.2, 0.25) is 0 Å². The number of hydrogen-bond acceptors (Lipinski definition) is 3. The highest BCUT2D eigenvalue weighted by atomic mass is 16.6. The van der Waals surface area contributed by atoms with Crippen molar-refractivity contribution < 1.29 is 10.0 Å². The number of aliphatic hydroxyl groups is 1. The molecule has 114 valence electrons. The molecule has 0 aliphatic rings. The van der Waals surface area contributed by atoms with Crippen LogP contribution >= 0.6 is 0 Å². The van der Waals surface area contributed by atoms with Gasteiger partial charge in [-0.3, -0.25) is 10.1 Å². The van der Waals surface area contributed by atoms with E-state index in [1.54, 1.807) is 0 Å². The number of nitrogens with zero attached hydrogens (tertiary/aromatic N) is 1. The summed E-state index contributed by atoms with van der Waals surface area (Å²) in [6.45, 7) is 3.39. The maximum atomic E-state index is 10.8. The van der Waals surface area contributed by atoms with Crippen molar-refractivity contribution in [3.05, 3.63) is 10.1 Å². The molecule has 1 atom stereocenters. The highest BCUT2D eigenvalue weighted by Gasteiger charge is 2.35. The van der Waals surface area contributed by atoms with Gasteiger partial charge in [-0.2, -0.15) is 0 Å². The van der Waals surface area contributed by atoms with Crippen molar-refractivity contribution in [2.75, 3.05) is 6.61 Å². The fourth-order valence-electron chi connectivity index (χ4n) is 2.22. The number of nitro groups is 1. The third-order valence-electron chi connectivity index (χ3n) is 3.85. The zero-order valence-corrected chi connectivity index (χ0v) is 12.7. The molecule has 0 heterocycles. The van der Waals surface area contributed by atoms with E-state index in [-0.39, 0.29) is 11.5 Å². The van der Waals surface area contributed by atoms with Gasteiger partial charge < -0.3 is 5.11 Å². The van der Waals surface area contributed by atoms with Crippen molar-refractivity contribution >= 4 is 0 Å². The Balaban J connectivity index is 3.38. The summed E-state index contributed by atoms with van der Waals surface area (Å²) < 4.78 is 0. The minimum Gasteiger partial charge on any atom is -0.389 e. The summed E-state index contributed by atoms with van der Waals surface area (Å²) >= 11 is 0. The van der Waals surface area contributed by atoms with Crippen LogP contribution < -0.4 is 0 Å². The van der Waals surface area contributed by atoms with Crippen LogP contribution in [0.25, 0.3) is 0 Å². The molecule has 1 unspecified atom stereocenters. The summed E-state index contributed by atoms with van der Waals surface area (Å²) in [6.07, 6.45) is 12.7. The van der Waals surface area contributed by atoms with Gasteiger partial charge in [-0.15, -0.1) is 0 Å². The van der Waals surface area contributed by atoms with Gasteiger partial charge in [0.25, 0.3) is 0 Å². The molecular weight excluding hydrogens is 242 g/mol. The molecule has 0 aromatic heterocycles. The maximum absolute atomic E-state index is 10.8. The third kappa shape index (κ3) is 8.98. The van der Waals surface area contributed by atoms with Gasteiger partial charge in [0.1, 0.15) is 6.61 Å². The van der Waals surface area contributed by atoms with Crippen LogP contribution in [0.3, 0.4) is 0 Å². The van der Waals surface area contributed by atoms with Crippen LogP contribution in [0.1, 0.15) is 84.5 Å². The molecule has 4 nitrogen and oxygen atoms in total. The fraction of sp³-hybridized carbons (Fsp3) is 1.00. The quantitative estimate of drug-likeness (QED) is 0.309. The molecule has 0 rings (SSSR count). The second kappa shape index (κ2) is 11.2. The van der Waals surface area contributed by atoms with Crippen molar-refractivity contribution in [3.8, 4) is 0 Å². The molecule has 0 aliphatic heterocycles. The molecule has 0 amide bonds. The van der Waals surface area contributed by atoms with E-state index in [2.05, 4.69) is 6.92 Å². The SMILES string of the molecule is CCCCCCCCCCCCC(C)(CO)[N+](=O)[O-]. The lowest BCUT2D eigenvalue weighted by atomic mass is 9.95. The van der Waals surface area contributed by atoms with Crippen LogP contribution in [0.4, 0.5) is 0 Å². The molecule has 0 aliphatic carbocycles. The van der Waals surface area contributed by atoms with Gasteiger partial charge >= 0.3 is 0 Å². The molecule has 19 heavy (non-hydrogen) atoms. The summed E-state index contributed by atoms with van der Waals surface area (Å²) in [4.78, 5) is 10.4. The Hall–Kier alpha value is -0.640. The van der Waals surface area contributed by atoms with Gasteiger partial charge in [0, 0.05) is 18.3 Å². The van der Waals surface area contributed by atoms with Crippen LogP contribution in [-0.4, -0.2) is 22.2 Å². The molecule has 0 aromatic carbocycles.